The van der Waals surface area contributed by atoms with Crippen LogP contribution in [0.3, 0.4) is 0 Å². The molecular weight excluding hydrogens is 365 g/mol. The van der Waals surface area contributed by atoms with Crippen LogP contribution in [0.4, 0.5) is 4.39 Å². The Kier molecular flexibility index (Phi) is 4.71. The molecule has 0 bridgehead atoms. The number of benzene rings is 1. The fraction of sp³-hybridized carbons (Fsp3) is 0.529. The van der Waals surface area contributed by atoms with E-state index < -0.39 is 11.9 Å². The molecule has 0 unspecified atom stereocenters. The van der Waals surface area contributed by atoms with Crippen LogP contribution in [0, 0.1) is 23.6 Å². The molecule has 1 aromatic carbocycles. The van der Waals surface area contributed by atoms with Gasteiger partial charge < -0.3 is 10.0 Å². The van der Waals surface area contributed by atoms with E-state index in [2.05, 4.69) is 15.9 Å². The zero-order valence-corrected chi connectivity index (χ0v) is 14.3. The maximum atomic E-state index is 13.3. The molecule has 23 heavy (non-hydrogen) atoms. The molecule has 1 N–H and O–H groups in total. The normalized spacial score (nSPS) is 24.0. The summed E-state index contributed by atoms with van der Waals surface area (Å²) in [6.07, 6.45) is 2.87. The fourth-order valence-corrected chi connectivity index (χ4v) is 3.88. The molecule has 0 radical (unpaired) electrons. The quantitative estimate of drug-likeness (QED) is 0.849. The smallest absolute Gasteiger partial charge is 0.308 e. The Labute approximate surface area is 142 Å². The minimum absolute atomic E-state index is 0.0458. The van der Waals surface area contributed by atoms with E-state index in [0.717, 1.165) is 22.9 Å². The van der Waals surface area contributed by atoms with Crippen LogP contribution in [0.5, 0.6) is 0 Å². The van der Waals surface area contributed by atoms with Crippen LogP contribution in [0.2, 0.25) is 0 Å². The third-order valence-electron chi connectivity index (χ3n) is 4.88. The van der Waals surface area contributed by atoms with Gasteiger partial charge in [0.2, 0.25) is 5.91 Å². The van der Waals surface area contributed by atoms with Gasteiger partial charge in [0.1, 0.15) is 5.82 Å². The van der Waals surface area contributed by atoms with Crippen LogP contribution < -0.4 is 0 Å². The number of carboxylic acid groups (broad SMARTS) is 1. The highest BCUT2D eigenvalue weighted by atomic mass is 79.9. The topological polar surface area (TPSA) is 57.6 Å². The number of halogens is 2. The number of likely N-dealkylation sites (tertiary alicyclic amines) is 1. The van der Waals surface area contributed by atoms with E-state index in [1.807, 2.05) is 0 Å². The second-order valence-corrected chi connectivity index (χ2v) is 7.33. The Morgan fingerprint density at radius 1 is 1.30 bits per heavy atom. The predicted molar refractivity (Wildman–Crippen MR) is 86.3 cm³/mol. The minimum Gasteiger partial charge on any atom is -0.481 e. The Morgan fingerprint density at radius 2 is 2.04 bits per heavy atom. The summed E-state index contributed by atoms with van der Waals surface area (Å²) in [6, 6.07) is 4.43. The van der Waals surface area contributed by atoms with Crippen molar-refractivity contribution in [2.75, 3.05) is 13.1 Å². The molecule has 1 heterocycles. The Hall–Kier alpha value is -1.43. The number of hydrogen-bond acceptors (Lipinski definition) is 2. The first-order chi connectivity index (χ1) is 11.0. The molecule has 124 valence electrons. The third kappa shape index (κ3) is 3.74. The summed E-state index contributed by atoms with van der Waals surface area (Å²) in [5.74, 6) is -1.05. The van der Waals surface area contributed by atoms with Gasteiger partial charge in [-0.25, -0.2) is 4.39 Å². The summed E-state index contributed by atoms with van der Waals surface area (Å²) in [4.78, 5) is 25.5. The van der Waals surface area contributed by atoms with Crippen LogP contribution in [0.1, 0.15) is 24.8 Å². The molecule has 2 atom stereocenters. The van der Waals surface area contributed by atoms with E-state index in [1.165, 1.54) is 12.1 Å². The summed E-state index contributed by atoms with van der Waals surface area (Å²) in [6.45, 7) is 0.852. The summed E-state index contributed by atoms with van der Waals surface area (Å²) < 4.78 is 14.1. The molecule has 3 rings (SSSR count). The first kappa shape index (κ1) is 16.4. The van der Waals surface area contributed by atoms with E-state index in [1.54, 1.807) is 11.0 Å². The van der Waals surface area contributed by atoms with Gasteiger partial charge in [0.25, 0.3) is 0 Å². The Bertz CT molecular complexity index is 632. The maximum Gasteiger partial charge on any atom is 0.308 e. The van der Waals surface area contributed by atoms with Gasteiger partial charge in [-0.1, -0.05) is 15.9 Å². The molecule has 6 heteroatoms. The van der Waals surface area contributed by atoms with Gasteiger partial charge in [-0.3, -0.25) is 9.59 Å². The molecule has 4 nitrogen and oxygen atoms in total. The van der Waals surface area contributed by atoms with Gasteiger partial charge in [-0.05, 0) is 54.9 Å². The van der Waals surface area contributed by atoms with Crippen molar-refractivity contribution in [3.63, 3.8) is 0 Å². The van der Waals surface area contributed by atoms with Crippen molar-refractivity contribution in [3.05, 3.63) is 34.1 Å². The molecule has 1 amide bonds. The van der Waals surface area contributed by atoms with Crippen molar-refractivity contribution in [2.24, 2.45) is 17.8 Å². The number of carboxylic acids is 1. The molecule has 1 aromatic rings. The number of hydrogen-bond donors (Lipinski definition) is 1. The zero-order valence-electron chi connectivity index (χ0n) is 12.7. The highest BCUT2D eigenvalue weighted by Crippen LogP contribution is 2.44. The molecule has 0 spiro atoms. The zero-order chi connectivity index (χ0) is 16.6. The number of aliphatic carboxylic acids is 1. The Morgan fingerprint density at radius 3 is 2.70 bits per heavy atom. The van der Waals surface area contributed by atoms with Crippen LogP contribution >= 0.6 is 15.9 Å². The van der Waals surface area contributed by atoms with Crippen molar-refractivity contribution >= 4 is 27.8 Å². The molecule has 0 aromatic heterocycles. The van der Waals surface area contributed by atoms with E-state index in [4.69, 9.17) is 0 Å². The van der Waals surface area contributed by atoms with Gasteiger partial charge >= 0.3 is 5.97 Å². The number of amides is 1. The lowest BCUT2D eigenvalue weighted by molar-refractivity contribution is -0.142. The van der Waals surface area contributed by atoms with Gasteiger partial charge in [-0.2, -0.15) is 0 Å². The standard InChI is InChI=1S/C17H19BrFNO3/c18-15-5-4-12(19)7-11(15)3-6-16(21)20-8-13(10-1-2-10)14(9-20)17(22)23/h4-5,7,10,13-14H,1-3,6,8-9H2,(H,22,23)/t13-,14+/m1/s1. The summed E-state index contributed by atoms with van der Waals surface area (Å²) in [5.41, 5.74) is 0.756. The van der Waals surface area contributed by atoms with E-state index in [-0.39, 0.29) is 24.1 Å². The molecule has 2 fully saturated rings. The molecule has 1 aliphatic heterocycles. The number of nitrogens with zero attached hydrogens (tertiary/aromatic N) is 1. The number of rotatable bonds is 5. The largest absolute Gasteiger partial charge is 0.481 e. The fourth-order valence-electron chi connectivity index (χ4n) is 3.43. The molecule has 1 saturated heterocycles. The number of carbonyl (C=O) groups excluding carboxylic acids is 1. The summed E-state index contributed by atoms with van der Waals surface area (Å²) in [7, 11) is 0. The van der Waals surface area contributed by atoms with Crippen LogP contribution in [-0.4, -0.2) is 35.0 Å². The van der Waals surface area contributed by atoms with Gasteiger partial charge in [0.05, 0.1) is 5.92 Å². The average Bonchev–Trinajstić information content (AvgIpc) is 3.26. The number of aryl methyl sites for hydroxylation is 1. The SMILES string of the molecule is O=C(O)[C@H]1CN(C(=O)CCc2cc(F)ccc2Br)C[C@@H]1C1CC1. The van der Waals surface area contributed by atoms with Gasteiger partial charge in [0.15, 0.2) is 0 Å². The van der Waals surface area contributed by atoms with Gasteiger partial charge in [0, 0.05) is 24.0 Å². The van der Waals surface area contributed by atoms with Crippen LogP contribution in [-0.2, 0) is 16.0 Å². The third-order valence-corrected chi connectivity index (χ3v) is 5.65. The molecule has 1 aliphatic carbocycles. The molecule has 1 saturated carbocycles. The van der Waals surface area contributed by atoms with Crippen molar-refractivity contribution in [1.82, 2.24) is 4.90 Å². The van der Waals surface area contributed by atoms with Crippen molar-refractivity contribution in [1.29, 1.82) is 0 Å². The average molecular weight is 384 g/mol. The number of carbonyl (C=O) groups is 2. The summed E-state index contributed by atoms with van der Waals surface area (Å²) in [5, 5.41) is 9.35. The van der Waals surface area contributed by atoms with E-state index in [0.29, 0.717) is 25.4 Å². The van der Waals surface area contributed by atoms with Crippen LogP contribution in [0.25, 0.3) is 0 Å². The lowest BCUT2D eigenvalue weighted by atomic mass is 9.92. The van der Waals surface area contributed by atoms with Crippen molar-refractivity contribution < 1.29 is 19.1 Å². The van der Waals surface area contributed by atoms with E-state index >= 15 is 0 Å². The van der Waals surface area contributed by atoms with Crippen molar-refractivity contribution in [3.8, 4) is 0 Å². The highest BCUT2D eigenvalue weighted by Gasteiger charge is 2.46. The molecule has 2 aliphatic rings. The maximum absolute atomic E-state index is 13.3. The summed E-state index contributed by atoms with van der Waals surface area (Å²) >= 11 is 3.36. The first-order valence-electron chi connectivity index (χ1n) is 7.90. The monoisotopic (exact) mass is 383 g/mol. The second-order valence-electron chi connectivity index (χ2n) is 6.48. The van der Waals surface area contributed by atoms with Gasteiger partial charge in [-0.15, -0.1) is 0 Å². The van der Waals surface area contributed by atoms with Crippen molar-refractivity contribution in [2.45, 2.75) is 25.7 Å². The lowest BCUT2D eigenvalue weighted by Gasteiger charge is -2.16. The minimum atomic E-state index is -0.801. The predicted octanol–water partition coefficient (Wildman–Crippen LogP) is 3.09. The highest BCUT2D eigenvalue weighted by molar-refractivity contribution is 9.10. The van der Waals surface area contributed by atoms with E-state index in [9.17, 15) is 19.1 Å². The Balaban J connectivity index is 1.60. The second kappa shape index (κ2) is 6.59. The first-order valence-corrected chi connectivity index (χ1v) is 8.69. The van der Waals surface area contributed by atoms with Crippen LogP contribution in [0.15, 0.2) is 22.7 Å². The lowest BCUT2D eigenvalue weighted by Crippen LogP contribution is -2.30. The molecular formula is C17H19BrFNO3.